The van der Waals surface area contributed by atoms with Gasteiger partial charge in [0.25, 0.3) is 27.4 Å². The Kier molecular flexibility index (Phi) is 7.08. The average Bonchev–Trinajstić information content (AvgIpc) is 3.48. The van der Waals surface area contributed by atoms with Crippen molar-refractivity contribution in [3.05, 3.63) is 90.9 Å². The van der Waals surface area contributed by atoms with Crippen LogP contribution in [0.3, 0.4) is 0 Å². The number of benzene rings is 2. The smallest absolute Gasteiger partial charge is 0.332 e. The number of amides is 2. The molecule has 1 aliphatic rings. The quantitative estimate of drug-likeness (QED) is 0.328. The van der Waals surface area contributed by atoms with Crippen LogP contribution in [0.15, 0.2) is 63.0 Å². The normalized spacial score (nSPS) is 14.0. The van der Waals surface area contributed by atoms with Gasteiger partial charge in [-0.05, 0) is 41.5 Å². The summed E-state index contributed by atoms with van der Waals surface area (Å²) in [6.07, 6.45) is 0. The van der Waals surface area contributed by atoms with Gasteiger partial charge in [0.05, 0.1) is 29.5 Å². The van der Waals surface area contributed by atoms with E-state index in [1.165, 1.54) is 43.0 Å². The first-order valence-electron chi connectivity index (χ1n) is 11.9. The van der Waals surface area contributed by atoms with Gasteiger partial charge in [-0.3, -0.25) is 23.5 Å². The fourth-order valence-corrected chi connectivity index (χ4v) is 6.95. The molecule has 12 nitrogen and oxygen atoms in total. The van der Waals surface area contributed by atoms with Crippen LogP contribution >= 0.6 is 11.3 Å². The zero-order valence-electron chi connectivity index (χ0n) is 21.7. The molecule has 1 aliphatic heterocycles. The lowest BCUT2D eigenvalue weighted by Crippen LogP contribution is -2.38. The van der Waals surface area contributed by atoms with Crippen LogP contribution < -0.4 is 21.3 Å². The van der Waals surface area contributed by atoms with E-state index < -0.39 is 39.8 Å². The Morgan fingerprint density at radius 3 is 2.38 bits per heavy atom. The largest absolute Gasteiger partial charge is 0.497 e. The number of fused-ring (bicyclic) bond motifs is 2. The number of aryl methyl sites for hydroxylation is 1. The SMILES string of the molecule is COCN1C(=O)c2ccc(Cn3c(=O)c4cc(C(=O)NCc5ccc(OC)cc5)sc4n(C)c3=O)cc2S1(=O)=O. The summed E-state index contributed by atoms with van der Waals surface area (Å²) in [4.78, 5) is 52.2. The first kappa shape index (κ1) is 27.3. The second kappa shape index (κ2) is 10.4. The number of rotatable bonds is 8. The van der Waals surface area contributed by atoms with Crippen LogP contribution in [0.25, 0.3) is 10.2 Å². The number of carbonyl (C=O) groups is 2. The van der Waals surface area contributed by atoms with Gasteiger partial charge < -0.3 is 14.8 Å². The van der Waals surface area contributed by atoms with Crippen molar-refractivity contribution in [2.24, 2.45) is 7.05 Å². The molecule has 0 unspecified atom stereocenters. The molecule has 3 heterocycles. The Bertz CT molecular complexity index is 1890. The lowest BCUT2D eigenvalue weighted by Gasteiger charge is -2.13. The van der Waals surface area contributed by atoms with E-state index >= 15 is 0 Å². The summed E-state index contributed by atoms with van der Waals surface area (Å²) >= 11 is 1.02. The van der Waals surface area contributed by atoms with E-state index in [2.05, 4.69) is 5.32 Å². The van der Waals surface area contributed by atoms with E-state index in [9.17, 15) is 27.6 Å². The van der Waals surface area contributed by atoms with Crippen molar-refractivity contribution in [2.45, 2.75) is 18.0 Å². The molecule has 0 saturated carbocycles. The Morgan fingerprint density at radius 1 is 1.00 bits per heavy atom. The Morgan fingerprint density at radius 2 is 1.70 bits per heavy atom. The molecular formula is C26H24N4O8S2. The van der Waals surface area contributed by atoms with Crippen molar-refractivity contribution in [3.63, 3.8) is 0 Å². The number of sulfonamides is 1. The molecule has 0 radical (unpaired) electrons. The van der Waals surface area contributed by atoms with Crippen molar-refractivity contribution in [2.75, 3.05) is 21.0 Å². The molecule has 2 aromatic heterocycles. The maximum atomic E-state index is 13.3. The maximum Gasteiger partial charge on any atom is 0.332 e. The van der Waals surface area contributed by atoms with Gasteiger partial charge in [0.1, 0.15) is 22.2 Å². The number of aromatic nitrogens is 2. The van der Waals surface area contributed by atoms with Crippen LogP contribution in [-0.4, -0.2) is 54.6 Å². The van der Waals surface area contributed by atoms with Crippen molar-refractivity contribution in [1.29, 1.82) is 0 Å². The molecule has 0 aliphatic carbocycles. The highest BCUT2D eigenvalue weighted by atomic mass is 32.2. The van der Waals surface area contributed by atoms with E-state index in [0.29, 0.717) is 20.4 Å². The lowest BCUT2D eigenvalue weighted by atomic mass is 10.1. The Balaban J connectivity index is 1.44. The summed E-state index contributed by atoms with van der Waals surface area (Å²) in [7, 11) is 0.197. The third kappa shape index (κ3) is 4.59. The fraction of sp³-hybridized carbons (Fsp3) is 0.231. The Hall–Kier alpha value is -4.27. The van der Waals surface area contributed by atoms with Gasteiger partial charge >= 0.3 is 5.69 Å². The van der Waals surface area contributed by atoms with Gasteiger partial charge in [-0.15, -0.1) is 11.3 Å². The van der Waals surface area contributed by atoms with Gasteiger partial charge in [0.2, 0.25) is 0 Å². The van der Waals surface area contributed by atoms with Crippen LogP contribution in [0, 0.1) is 0 Å². The number of ether oxygens (including phenoxy) is 2. The second-order valence-electron chi connectivity index (χ2n) is 9.00. The van der Waals surface area contributed by atoms with Crippen molar-refractivity contribution in [3.8, 4) is 5.75 Å². The summed E-state index contributed by atoms with van der Waals surface area (Å²) in [5.41, 5.74) is -0.0809. The molecule has 0 bridgehead atoms. The molecule has 1 N–H and O–H groups in total. The maximum absolute atomic E-state index is 13.3. The topological polar surface area (TPSA) is 146 Å². The minimum atomic E-state index is -4.13. The molecular weight excluding hydrogens is 560 g/mol. The van der Waals surface area contributed by atoms with E-state index in [0.717, 1.165) is 21.5 Å². The number of nitrogens with one attached hydrogen (secondary N) is 1. The van der Waals surface area contributed by atoms with Crippen molar-refractivity contribution < 1.29 is 27.5 Å². The van der Waals surface area contributed by atoms with Gasteiger partial charge in [-0.25, -0.2) is 17.5 Å². The predicted molar refractivity (Wildman–Crippen MR) is 146 cm³/mol. The minimum Gasteiger partial charge on any atom is -0.497 e. The summed E-state index contributed by atoms with van der Waals surface area (Å²) in [5, 5.41) is 2.98. The predicted octanol–water partition coefficient (Wildman–Crippen LogP) is 1.50. The standard InChI is InChI=1S/C26H24N4O8S2/c1-28-25-19(11-20(39-25)22(31)27-12-15-4-7-17(38-3)8-5-15)23(32)29(26(28)34)13-16-6-9-18-21(10-16)40(35,36)30(14-37-2)24(18)33/h4-11H,12-14H2,1-3H3,(H,27,31). The molecule has 2 amide bonds. The molecule has 14 heteroatoms. The highest BCUT2D eigenvalue weighted by molar-refractivity contribution is 7.90. The highest BCUT2D eigenvalue weighted by Gasteiger charge is 2.41. The molecule has 2 aromatic carbocycles. The zero-order chi connectivity index (χ0) is 28.8. The van der Waals surface area contributed by atoms with Gasteiger partial charge in [0.15, 0.2) is 0 Å². The lowest BCUT2D eigenvalue weighted by molar-refractivity contribution is 0.0681. The molecule has 0 spiro atoms. The van der Waals surface area contributed by atoms with E-state index in [4.69, 9.17) is 9.47 Å². The first-order chi connectivity index (χ1) is 19.1. The minimum absolute atomic E-state index is 0.0142. The number of hydrogen-bond acceptors (Lipinski definition) is 9. The van der Waals surface area contributed by atoms with Crippen LogP contribution in [0.4, 0.5) is 0 Å². The molecule has 0 saturated heterocycles. The fourth-order valence-electron chi connectivity index (χ4n) is 4.39. The van der Waals surface area contributed by atoms with Crippen molar-refractivity contribution in [1.82, 2.24) is 18.8 Å². The van der Waals surface area contributed by atoms with E-state index in [-0.39, 0.29) is 33.8 Å². The van der Waals surface area contributed by atoms with E-state index in [1.54, 1.807) is 19.2 Å². The second-order valence-corrected chi connectivity index (χ2v) is 11.9. The number of nitrogens with zero attached hydrogens (tertiary/aromatic N) is 3. The Labute approximate surface area is 232 Å². The molecule has 0 fully saturated rings. The molecule has 208 valence electrons. The van der Waals surface area contributed by atoms with Crippen LogP contribution in [0.1, 0.15) is 31.2 Å². The third-order valence-corrected chi connectivity index (χ3v) is 9.46. The van der Waals surface area contributed by atoms with E-state index in [1.807, 2.05) is 12.1 Å². The van der Waals surface area contributed by atoms with Crippen LogP contribution in [0.5, 0.6) is 5.75 Å². The highest BCUT2D eigenvalue weighted by Crippen LogP contribution is 2.31. The van der Waals surface area contributed by atoms with Gasteiger partial charge in [-0.2, -0.15) is 0 Å². The summed E-state index contributed by atoms with van der Waals surface area (Å²) < 4.78 is 38.5. The number of hydrogen-bond donors (Lipinski definition) is 1. The summed E-state index contributed by atoms with van der Waals surface area (Å²) in [5.74, 6) is -0.418. The zero-order valence-corrected chi connectivity index (χ0v) is 23.3. The number of carbonyl (C=O) groups excluding carboxylic acids is 2. The average molecular weight is 585 g/mol. The third-order valence-electron chi connectivity index (χ3n) is 6.50. The number of methoxy groups -OCH3 is 2. The van der Waals surface area contributed by atoms with Crippen LogP contribution in [-0.2, 0) is 34.9 Å². The first-order valence-corrected chi connectivity index (χ1v) is 14.2. The monoisotopic (exact) mass is 584 g/mol. The molecule has 4 aromatic rings. The van der Waals surface area contributed by atoms with Crippen molar-refractivity contribution >= 4 is 43.4 Å². The molecule has 5 rings (SSSR count). The summed E-state index contributed by atoms with van der Waals surface area (Å²) in [6, 6.07) is 12.8. The molecule has 40 heavy (non-hydrogen) atoms. The van der Waals surface area contributed by atoms with Gasteiger partial charge in [0, 0.05) is 20.7 Å². The summed E-state index contributed by atoms with van der Waals surface area (Å²) in [6.45, 7) is -0.417. The van der Waals surface area contributed by atoms with Crippen LogP contribution in [0.2, 0.25) is 0 Å². The molecule has 0 atom stereocenters. The number of thiophene rings is 1. The van der Waals surface area contributed by atoms with Gasteiger partial charge in [-0.1, -0.05) is 18.2 Å².